The zero-order valence-electron chi connectivity index (χ0n) is 13.3. The number of hydrogen-bond acceptors (Lipinski definition) is 4. The van der Waals surface area contributed by atoms with E-state index in [1.807, 2.05) is 60.7 Å². The van der Waals surface area contributed by atoms with Gasteiger partial charge in [-0.05, 0) is 17.7 Å². The van der Waals surface area contributed by atoms with Gasteiger partial charge in [-0.3, -0.25) is 10.1 Å². The van der Waals surface area contributed by atoms with E-state index in [2.05, 4.69) is 10.2 Å². The Morgan fingerprint density at radius 3 is 1.80 bits per heavy atom. The van der Waals surface area contributed by atoms with Crippen molar-refractivity contribution in [1.82, 2.24) is 0 Å². The van der Waals surface area contributed by atoms with Gasteiger partial charge in [-0.2, -0.15) is 5.10 Å². The summed E-state index contributed by atoms with van der Waals surface area (Å²) in [5.74, 6) is 0. The lowest BCUT2D eigenvalue weighted by Gasteiger charge is -2.05. The van der Waals surface area contributed by atoms with Gasteiger partial charge in [0, 0.05) is 23.3 Å². The number of nitro groups is 1. The molecule has 3 rings (SSSR count). The monoisotopic (exact) mass is 329 g/mol. The lowest BCUT2D eigenvalue weighted by molar-refractivity contribution is -0.384. The first kappa shape index (κ1) is 16.3. The highest BCUT2D eigenvalue weighted by atomic mass is 16.6. The molecule has 0 unspecified atom stereocenters. The van der Waals surface area contributed by atoms with Gasteiger partial charge in [-0.15, -0.1) is 5.10 Å². The maximum absolute atomic E-state index is 10.7. The predicted octanol–water partition coefficient (Wildman–Crippen LogP) is 4.47. The fraction of sp³-hybridized carbons (Fsp3) is 0. The molecule has 5 heteroatoms. The summed E-state index contributed by atoms with van der Waals surface area (Å²) < 4.78 is 0. The number of benzene rings is 3. The summed E-state index contributed by atoms with van der Waals surface area (Å²) >= 11 is 0. The third-order valence-electron chi connectivity index (χ3n) is 3.56. The van der Waals surface area contributed by atoms with Gasteiger partial charge in [0.1, 0.15) is 5.71 Å². The molecule has 0 aromatic heterocycles. The van der Waals surface area contributed by atoms with Gasteiger partial charge in [0.05, 0.1) is 11.1 Å². The van der Waals surface area contributed by atoms with E-state index >= 15 is 0 Å². The third-order valence-corrected chi connectivity index (χ3v) is 3.56. The minimum absolute atomic E-state index is 0.0508. The quantitative estimate of drug-likeness (QED) is 0.394. The first-order valence-electron chi connectivity index (χ1n) is 7.70. The topological polar surface area (TPSA) is 67.9 Å². The van der Waals surface area contributed by atoms with Crippen LogP contribution in [0.1, 0.15) is 16.7 Å². The van der Waals surface area contributed by atoms with Gasteiger partial charge in [-0.1, -0.05) is 60.7 Å². The highest BCUT2D eigenvalue weighted by Crippen LogP contribution is 2.12. The van der Waals surface area contributed by atoms with Crippen LogP contribution in [0.25, 0.3) is 0 Å². The van der Waals surface area contributed by atoms with Crippen molar-refractivity contribution in [2.75, 3.05) is 0 Å². The van der Waals surface area contributed by atoms with Crippen molar-refractivity contribution in [2.45, 2.75) is 0 Å². The van der Waals surface area contributed by atoms with Crippen LogP contribution in [-0.2, 0) is 0 Å². The molecule has 25 heavy (non-hydrogen) atoms. The predicted molar refractivity (Wildman–Crippen MR) is 99.2 cm³/mol. The van der Waals surface area contributed by atoms with Crippen LogP contribution in [0, 0.1) is 10.1 Å². The molecule has 0 N–H and O–H groups in total. The minimum atomic E-state index is -0.429. The molecule has 0 spiro atoms. The second-order valence-corrected chi connectivity index (χ2v) is 5.27. The largest absolute Gasteiger partial charge is 0.269 e. The molecule has 0 radical (unpaired) electrons. The number of nitrogens with zero attached hydrogens (tertiary/aromatic N) is 3. The highest BCUT2D eigenvalue weighted by molar-refractivity contribution is 6.12. The Bertz CT molecular complexity index is 861. The van der Waals surface area contributed by atoms with Crippen molar-refractivity contribution in [3.63, 3.8) is 0 Å². The number of hydrogen-bond donors (Lipinski definition) is 0. The van der Waals surface area contributed by atoms with Crippen LogP contribution in [0.5, 0.6) is 0 Å². The smallest absolute Gasteiger partial charge is 0.258 e. The fourth-order valence-corrected chi connectivity index (χ4v) is 2.31. The number of rotatable bonds is 5. The molecule has 3 aromatic rings. The fourth-order valence-electron chi connectivity index (χ4n) is 2.31. The van der Waals surface area contributed by atoms with E-state index in [1.165, 1.54) is 12.1 Å². The minimum Gasteiger partial charge on any atom is -0.258 e. The molecule has 0 atom stereocenters. The van der Waals surface area contributed by atoms with E-state index in [0.717, 1.165) is 22.4 Å². The van der Waals surface area contributed by atoms with E-state index in [-0.39, 0.29) is 5.69 Å². The Labute approximate surface area is 145 Å². The maximum Gasteiger partial charge on any atom is 0.269 e. The van der Waals surface area contributed by atoms with Crippen molar-refractivity contribution in [3.05, 3.63) is 112 Å². The SMILES string of the molecule is O=[N+]([O-])c1ccc(/C=N\N=C(c2ccccc2)c2ccccc2)cc1. The van der Waals surface area contributed by atoms with Gasteiger partial charge < -0.3 is 0 Å². The Balaban J connectivity index is 1.90. The average molecular weight is 329 g/mol. The Morgan fingerprint density at radius 1 is 0.800 bits per heavy atom. The number of non-ortho nitro benzene ring substituents is 1. The van der Waals surface area contributed by atoms with Crippen LogP contribution in [0.2, 0.25) is 0 Å². The summed E-state index contributed by atoms with van der Waals surface area (Å²) in [6, 6.07) is 25.8. The van der Waals surface area contributed by atoms with Gasteiger partial charge in [0.2, 0.25) is 0 Å². The summed E-state index contributed by atoms with van der Waals surface area (Å²) in [4.78, 5) is 10.3. The summed E-state index contributed by atoms with van der Waals surface area (Å²) in [7, 11) is 0. The molecular formula is C20H15N3O2. The van der Waals surface area contributed by atoms with Crippen molar-refractivity contribution in [2.24, 2.45) is 10.2 Å². The standard InChI is InChI=1S/C20H15N3O2/c24-23(25)19-13-11-16(12-14-19)15-21-22-20(17-7-3-1-4-8-17)18-9-5-2-6-10-18/h1-15H/b21-15-. The van der Waals surface area contributed by atoms with Crippen molar-refractivity contribution >= 4 is 17.6 Å². The van der Waals surface area contributed by atoms with Crippen molar-refractivity contribution < 1.29 is 4.92 Å². The molecule has 3 aromatic carbocycles. The van der Waals surface area contributed by atoms with Crippen LogP contribution in [0.15, 0.2) is 95.1 Å². The first-order chi connectivity index (χ1) is 12.2. The summed E-state index contributed by atoms with van der Waals surface area (Å²) in [6.07, 6.45) is 1.58. The molecule has 0 aliphatic rings. The molecule has 122 valence electrons. The van der Waals surface area contributed by atoms with E-state index in [4.69, 9.17) is 0 Å². The van der Waals surface area contributed by atoms with Crippen molar-refractivity contribution in [3.8, 4) is 0 Å². The number of nitro benzene ring substituents is 1. The van der Waals surface area contributed by atoms with Crippen molar-refractivity contribution in [1.29, 1.82) is 0 Å². The van der Waals surface area contributed by atoms with Crippen LogP contribution < -0.4 is 0 Å². The Hall–Kier alpha value is -3.60. The molecule has 0 amide bonds. The molecule has 0 bridgehead atoms. The lowest BCUT2D eigenvalue weighted by atomic mass is 10.0. The van der Waals surface area contributed by atoms with Crippen LogP contribution >= 0.6 is 0 Å². The average Bonchev–Trinajstić information content (AvgIpc) is 2.67. The van der Waals surface area contributed by atoms with Gasteiger partial charge in [0.25, 0.3) is 5.69 Å². The van der Waals surface area contributed by atoms with Crippen LogP contribution in [0.4, 0.5) is 5.69 Å². The van der Waals surface area contributed by atoms with E-state index in [1.54, 1.807) is 18.3 Å². The van der Waals surface area contributed by atoms with Gasteiger partial charge in [0.15, 0.2) is 0 Å². The third kappa shape index (κ3) is 4.23. The Morgan fingerprint density at radius 2 is 1.32 bits per heavy atom. The van der Waals surface area contributed by atoms with E-state index in [0.29, 0.717) is 0 Å². The van der Waals surface area contributed by atoms with Crippen LogP contribution in [-0.4, -0.2) is 16.8 Å². The summed E-state index contributed by atoms with van der Waals surface area (Å²) in [5, 5.41) is 19.2. The highest BCUT2D eigenvalue weighted by Gasteiger charge is 2.06. The zero-order valence-corrected chi connectivity index (χ0v) is 13.3. The maximum atomic E-state index is 10.7. The molecule has 0 aliphatic carbocycles. The molecule has 0 saturated carbocycles. The Kier molecular flexibility index (Phi) is 5.07. The molecule has 0 heterocycles. The molecule has 0 saturated heterocycles. The van der Waals surface area contributed by atoms with Crippen LogP contribution in [0.3, 0.4) is 0 Å². The first-order valence-corrected chi connectivity index (χ1v) is 7.70. The van der Waals surface area contributed by atoms with Gasteiger partial charge in [-0.25, -0.2) is 0 Å². The van der Waals surface area contributed by atoms with Gasteiger partial charge >= 0.3 is 0 Å². The summed E-state index contributed by atoms with van der Waals surface area (Å²) in [5.41, 5.74) is 3.49. The molecular weight excluding hydrogens is 314 g/mol. The molecule has 5 nitrogen and oxygen atoms in total. The van der Waals surface area contributed by atoms with E-state index < -0.39 is 4.92 Å². The second kappa shape index (κ2) is 7.79. The lowest BCUT2D eigenvalue weighted by Crippen LogP contribution is -2.02. The zero-order chi connectivity index (χ0) is 17.5. The summed E-state index contributed by atoms with van der Waals surface area (Å²) in [6.45, 7) is 0. The van der Waals surface area contributed by atoms with E-state index in [9.17, 15) is 10.1 Å². The second-order valence-electron chi connectivity index (χ2n) is 5.27. The molecule has 0 aliphatic heterocycles. The molecule has 0 fully saturated rings. The normalized spacial score (nSPS) is 10.6.